The summed E-state index contributed by atoms with van der Waals surface area (Å²) in [6, 6.07) is 2.16. The fourth-order valence-electron chi connectivity index (χ4n) is 0.739. The summed E-state index contributed by atoms with van der Waals surface area (Å²) in [6.07, 6.45) is 5.75. The molecule has 0 spiro atoms. The molecule has 0 aromatic rings. The molecule has 0 aliphatic heterocycles. The van der Waals surface area contributed by atoms with Gasteiger partial charge in [0, 0.05) is 17.9 Å². The van der Waals surface area contributed by atoms with Crippen molar-refractivity contribution in [2.45, 2.75) is 39.0 Å². The van der Waals surface area contributed by atoms with Gasteiger partial charge in [-0.1, -0.05) is 41.4 Å². The van der Waals surface area contributed by atoms with Crippen molar-refractivity contribution in [2.24, 2.45) is 0 Å². The van der Waals surface area contributed by atoms with Crippen LogP contribution in [0.25, 0.3) is 0 Å². The summed E-state index contributed by atoms with van der Waals surface area (Å²) in [5, 5.41) is 8.27. The summed E-state index contributed by atoms with van der Waals surface area (Å²) in [7, 11) is 3.86. The third-order valence-corrected chi connectivity index (χ3v) is 4.01. The molecule has 0 aromatic heterocycles. The minimum Gasteiger partial charge on any atom is -0.198 e. The van der Waals surface area contributed by atoms with E-state index in [4.69, 9.17) is 5.26 Å². The number of hydrogen-bond acceptors (Lipinski definition) is 3. The first-order chi connectivity index (χ1) is 5.91. The zero-order chi connectivity index (χ0) is 9.07. The fraction of sp³-hybridized carbons (Fsp3) is 0.889. The van der Waals surface area contributed by atoms with Crippen LogP contribution in [0, 0.1) is 11.3 Å². The maximum Gasteiger partial charge on any atom is 0.0622 e. The SMILES string of the molecule is CCCCCSSCCCC#N. The summed E-state index contributed by atoms with van der Waals surface area (Å²) in [5.74, 6) is 2.40. The van der Waals surface area contributed by atoms with Crippen molar-refractivity contribution in [2.75, 3.05) is 11.5 Å². The van der Waals surface area contributed by atoms with E-state index in [-0.39, 0.29) is 0 Å². The van der Waals surface area contributed by atoms with Gasteiger partial charge in [-0.3, -0.25) is 0 Å². The van der Waals surface area contributed by atoms with Crippen LogP contribution in [0.5, 0.6) is 0 Å². The number of hydrogen-bond donors (Lipinski definition) is 0. The zero-order valence-corrected chi connectivity index (χ0v) is 9.35. The number of nitrogens with zero attached hydrogens (tertiary/aromatic N) is 1. The molecule has 0 aliphatic carbocycles. The molecule has 0 aromatic carbocycles. The highest BCUT2D eigenvalue weighted by Crippen LogP contribution is 2.23. The monoisotopic (exact) mass is 203 g/mol. The Hall–Kier alpha value is 0.190. The Morgan fingerprint density at radius 2 is 1.75 bits per heavy atom. The van der Waals surface area contributed by atoms with Crippen molar-refractivity contribution < 1.29 is 0 Å². The summed E-state index contributed by atoms with van der Waals surface area (Å²) >= 11 is 0. The molecule has 0 unspecified atom stereocenters. The van der Waals surface area contributed by atoms with Gasteiger partial charge in [-0.05, 0) is 12.8 Å². The number of rotatable bonds is 8. The average Bonchev–Trinajstić information content (AvgIpc) is 2.10. The van der Waals surface area contributed by atoms with Crippen LogP contribution in [0.1, 0.15) is 39.0 Å². The van der Waals surface area contributed by atoms with Crippen LogP contribution < -0.4 is 0 Å². The highest BCUT2D eigenvalue weighted by molar-refractivity contribution is 8.76. The highest BCUT2D eigenvalue weighted by Gasteiger charge is 1.90. The second kappa shape index (κ2) is 11.2. The minimum absolute atomic E-state index is 0.711. The van der Waals surface area contributed by atoms with E-state index in [1.165, 1.54) is 25.0 Å². The van der Waals surface area contributed by atoms with Crippen molar-refractivity contribution in [3.63, 3.8) is 0 Å². The molecule has 0 bridgehead atoms. The third kappa shape index (κ3) is 10.2. The molecule has 0 amide bonds. The number of nitriles is 1. The molecule has 0 aliphatic rings. The lowest BCUT2D eigenvalue weighted by Crippen LogP contribution is -1.78. The predicted octanol–water partition coefficient (Wildman–Crippen LogP) is 3.86. The van der Waals surface area contributed by atoms with Gasteiger partial charge in [0.25, 0.3) is 0 Å². The van der Waals surface area contributed by atoms with Crippen LogP contribution in [0.2, 0.25) is 0 Å². The van der Waals surface area contributed by atoms with Gasteiger partial charge in [0.1, 0.15) is 0 Å². The molecule has 1 nitrogen and oxygen atoms in total. The molecule has 0 saturated carbocycles. The van der Waals surface area contributed by atoms with E-state index in [9.17, 15) is 0 Å². The van der Waals surface area contributed by atoms with Gasteiger partial charge in [0.05, 0.1) is 6.07 Å². The molecule has 0 heterocycles. The van der Waals surface area contributed by atoms with Crippen LogP contribution >= 0.6 is 21.6 Å². The molecule has 0 rings (SSSR count). The Balaban J connectivity index is 2.78. The second-order valence-corrected chi connectivity index (χ2v) is 5.31. The van der Waals surface area contributed by atoms with Crippen molar-refractivity contribution >= 4 is 21.6 Å². The molecule has 12 heavy (non-hydrogen) atoms. The van der Waals surface area contributed by atoms with E-state index < -0.39 is 0 Å². The zero-order valence-electron chi connectivity index (χ0n) is 7.71. The molecule has 0 atom stereocenters. The van der Waals surface area contributed by atoms with Crippen LogP contribution in [0.3, 0.4) is 0 Å². The topological polar surface area (TPSA) is 23.8 Å². The Morgan fingerprint density at radius 1 is 1.08 bits per heavy atom. The van der Waals surface area contributed by atoms with Crippen molar-refractivity contribution in [1.29, 1.82) is 5.26 Å². The molecule has 3 heteroatoms. The fourth-order valence-corrected chi connectivity index (χ4v) is 2.97. The van der Waals surface area contributed by atoms with Gasteiger partial charge in [0.2, 0.25) is 0 Å². The first kappa shape index (κ1) is 12.2. The highest BCUT2D eigenvalue weighted by atomic mass is 33.1. The maximum absolute atomic E-state index is 8.27. The molecule has 0 saturated heterocycles. The predicted molar refractivity (Wildman–Crippen MR) is 59.3 cm³/mol. The first-order valence-electron chi connectivity index (χ1n) is 4.53. The lowest BCUT2D eigenvalue weighted by Gasteiger charge is -1.98. The van der Waals surface area contributed by atoms with E-state index in [2.05, 4.69) is 13.0 Å². The first-order valence-corrected chi connectivity index (χ1v) is 7.02. The van der Waals surface area contributed by atoms with E-state index >= 15 is 0 Å². The van der Waals surface area contributed by atoms with E-state index in [0.717, 1.165) is 12.2 Å². The van der Waals surface area contributed by atoms with E-state index in [0.29, 0.717) is 6.42 Å². The molecular formula is C9H17NS2. The van der Waals surface area contributed by atoms with E-state index in [1.807, 2.05) is 21.6 Å². The molecular weight excluding hydrogens is 186 g/mol. The van der Waals surface area contributed by atoms with E-state index in [1.54, 1.807) is 0 Å². The largest absolute Gasteiger partial charge is 0.198 e. The van der Waals surface area contributed by atoms with Crippen LogP contribution in [0.15, 0.2) is 0 Å². The molecule has 0 fully saturated rings. The smallest absolute Gasteiger partial charge is 0.0622 e. The van der Waals surface area contributed by atoms with Crippen molar-refractivity contribution in [1.82, 2.24) is 0 Å². The van der Waals surface area contributed by atoms with Gasteiger partial charge in [-0.25, -0.2) is 0 Å². The van der Waals surface area contributed by atoms with Gasteiger partial charge in [0.15, 0.2) is 0 Å². The van der Waals surface area contributed by atoms with Crippen molar-refractivity contribution in [3.8, 4) is 6.07 Å². The Morgan fingerprint density at radius 3 is 2.33 bits per heavy atom. The van der Waals surface area contributed by atoms with Crippen molar-refractivity contribution in [3.05, 3.63) is 0 Å². The lowest BCUT2D eigenvalue weighted by atomic mass is 10.3. The van der Waals surface area contributed by atoms with Crippen LogP contribution in [0.4, 0.5) is 0 Å². The van der Waals surface area contributed by atoms with Gasteiger partial charge in [-0.2, -0.15) is 5.26 Å². The minimum atomic E-state index is 0.711. The summed E-state index contributed by atoms with van der Waals surface area (Å²) in [5.41, 5.74) is 0. The van der Waals surface area contributed by atoms with Gasteiger partial charge >= 0.3 is 0 Å². The van der Waals surface area contributed by atoms with Crippen LogP contribution in [-0.2, 0) is 0 Å². The normalized spacial score (nSPS) is 9.67. The molecule has 0 N–H and O–H groups in total. The Labute approximate surface area is 83.7 Å². The molecule has 70 valence electrons. The average molecular weight is 203 g/mol. The second-order valence-electron chi connectivity index (χ2n) is 2.61. The van der Waals surface area contributed by atoms with Crippen LogP contribution in [-0.4, -0.2) is 11.5 Å². The molecule has 0 radical (unpaired) electrons. The Bertz CT molecular complexity index is 120. The number of unbranched alkanes of at least 4 members (excludes halogenated alkanes) is 3. The summed E-state index contributed by atoms with van der Waals surface area (Å²) < 4.78 is 0. The third-order valence-electron chi connectivity index (χ3n) is 1.43. The standard InChI is InChI=1S/C9H17NS2/c1-2-3-5-8-11-12-9-6-4-7-10/h2-6,8-9H2,1H3. The van der Waals surface area contributed by atoms with Gasteiger partial charge < -0.3 is 0 Å². The summed E-state index contributed by atoms with van der Waals surface area (Å²) in [6.45, 7) is 2.23. The van der Waals surface area contributed by atoms with Gasteiger partial charge in [-0.15, -0.1) is 0 Å². The summed E-state index contributed by atoms with van der Waals surface area (Å²) in [4.78, 5) is 0. The quantitative estimate of drug-likeness (QED) is 0.442. The Kier molecular flexibility index (Phi) is 11.4. The lowest BCUT2D eigenvalue weighted by molar-refractivity contribution is 0.779. The maximum atomic E-state index is 8.27.